The highest BCUT2D eigenvalue weighted by Gasteiger charge is 2.26. The number of benzene rings is 3. The molecule has 174 valence electrons. The van der Waals surface area contributed by atoms with Gasteiger partial charge in [-0.2, -0.15) is 0 Å². The minimum atomic E-state index is -3.76. The summed E-state index contributed by atoms with van der Waals surface area (Å²) in [4.78, 5) is 13.3. The third-order valence-corrected chi connectivity index (χ3v) is 6.04. The number of hydrogen-bond donors (Lipinski definition) is 1. The first kappa shape index (κ1) is 23.9. The number of nitrogens with one attached hydrogen (secondary N) is 1. The number of amides is 1. The summed E-state index contributed by atoms with van der Waals surface area (Å²) in [5, 5.41) is 2.80. The lowest BCUT2D eigenvalue weighted by Crippen LogP contribution is -2.31. The maximum atomic E-state index is 13.3. The van der Waals surface area contributed by atoms with Gasteiger partial charge in [-0.3, -0.25) is 9.10 Å². The van der Waals surface area contributed by atoms with Crippen LogP contribution < -0.4 is 23.8 Å². The molecule has 0 bridgehead atoms. The van der Waals surface area contributed by atoms with Crippen molar-refractivity contribution >= 4 is 27.3 Å². The molecule has 3 aromatic rings. The zero-order valence-electron chi connectivity index (χ0n) is 18.9. The number of sulfonamides is 1. The van der Waals surface area contributed by atoms with Gasteiger partial charge in [-0.05, 0) is 23.8 Å². The molecule has 0 fully saturated rings. The molecule has 0 heterocycles. The summed E-state index contributed by atoms with van der Waals surface area (Å²) in [5.41, 5.74) is 1.53. The SMILES string of the molecule is COc1cccc(NC(=O)c2cc(OC)c(OC)cc2N(Cc2ccccc2)S(C)(=O)=O)c1. The Labute approximate surface area is 193 Å². The number of ether oxygens (including phenoxy) is 3. The molecular formula is C24H26N2O6S. The Kier molecular flexibility index (Phi) is 7.44. The van der Waals surface area contributed by atoms with Crippen molar-refractivity contribution in [1.29, 1.82) is 0 Å². The van der Waals surface area contributed by atoms with Crippen LogP contribution in [0.2, 0.25) is 0 Å². The summed E-state index contributed by atoms with van der Waals surface area (Å²) >= 11 is 0. The minimum Gasteiger partial charge on any atom is -0.497 e. The molecule has 0 aliphatic heterocycles. The van der Waals surface area contributed by atoms with Crippen molar-refractivity contribution in [3.8, 4) is 17.2 Å². The van der Waals surface area contributed by atoms with Crippen LogP contribution in [-0.4, -0.2) is 41.9 Å². The van der Waals surface area contributed by atoms with Gasteiger partial charge in [-0.1, -0.05) is 36.4 Å². The Hall–Kier alpha value is -3.72. The van der Waals surface area contributed by atoms with E-state index >= 15 is 0 Å². The molecule has 0 atom stereocenters. The van der Waals surface area contributed by atoms with Crippen molar-refractivity contribution in [1.82, 2.24) is 0 Å². The fraction of sp³-hybridized carbons (Fsp3) is 0.208. The predicted octanol–water partition coefficient (Wildman–Crippen LogP) is 3.93. The minimum absolute atomic E-state index is 0.0363. The molecule has 0 aliphatic rings. The highest BCUT2D eigenvalue weighted by molar-refractivity contribution is 7.92. The Bertz CT molecular complexity index is 1230. The van der Waals surface area contributed by atoms with E-state index in [4.69, 9.17) is 14.2 Å². The number of hydrogen-bond acceptors (Lipinski definition) is 6. The molecule has 3 rings (SSSR count). The molecule has 8 nitrogen and oxygen atoms in total. The summed E-state index contributed by atoms with van der Waals surface area (Å²) in [6.45, 7) is 0.0363. The monoisotopic (exact) mass is 470 g/mol. The molecule has 9 heteroatoms. The molecule has 0 radical (unpaired) electrons. The summed E-state index contributed by atoms with van der Waals surface area (Å²) in [5.74, 6) is 0.653. The summed E-state index contributed by atoms with van der Waals surface area (Å²) in [7, 11) is 0.653. The first-order chi connectivity index (χ1) is 15.8. The molecule has 1 amide bonds. The lowest BCUT2D eigenvalue weighted by atomic mass is 10.1. The van der Waals surface area contributed by atoms with E-state index in [1.54, 1.807) is 24.3 Å². The summed E-state index contributed by atoms with van der Waals surface area (Å²) < 4.78 is 42.7. The zero-order valence-corrected chi connectivity index (χ0v) is 19.7. The lowest BCUT2D eigenvalue weighted by molar-refractivity contribution is 0.102. The Morgan fingerprint density at radius 2 is 1.55 bits per heavy atom. The van der Waals surface area contributed by atoms with Crippen LogP contribution in [-0.2, 0) is 16.6 Å². The van der Waals surface area contributed by atoms with E-state index in [1.807, 2.05) is 30.3 Å². The number of rotatable bonds is 9. The normalized spacial score (nSPS) is 10.9. The van der Waals surface area contributed by atoms with Gasteiger partial charge in [-0.25, -0.2) is 8.42 Å². The maximum Gasteiger partial charge on any atom is 0.257 e. The average molecular weight is 471 g/mol. The second-order valence-corrected chi connectivity index (χ2v) is 9.07. The molecule has 0 aliphatic carbocycles. The van der Waals surface area contributed by atoms with Gasteiger partial charge in [0.2, 0.25) is 10.0 Å². The fourth-order valence-electron chi connectivity index (χ4n) is 3.29. The van der Waals surface area contributed by atoms with E-state index in [-0.39, 0.29) is 17.8 Å². The quantitative estimate of drug-likeness (QED) is 0.509. The van der Waals surface area contributed by atoms with E-state index in [0.717, 1.165) is 11.8 Å². The van der Waals surface area contributed by atoms with Crippen molar-refractivity contribution in [2.45, 2.75) is 6.54 Å². The highest BCUT2D eigenvalue weighted by Crippen LogP contribution is 2.37. The largest absolute Gasteiger partial charge is 0.497 e. The Balaban J connectivity index is 2.12. The van der Waals surface area contributed by atoms with Crippen molar-refractivity contribution in [3.05, 3.63) is 77.9 Å². The number of nitrogens with zero attached hydrogens (tertiary/aromatic N) is 1. The zero-order chi connectivity index (χ0) is 24.0. The molecule has 0 spiro atoms. The first-order valence-electron chi connectivity index (χ1n) is 10.00. The Morgan fingerprint density at radius 1 is 0.879 bits per heavy atom. The third kappa shape index (κ3) is 5.75. The molecule has 0 saturated carbocycles. The van der Waals surface area contributed by atoms with Crippen LogP contribution >= 0.6 is 0 Å². The van der Waals surface area contributed by atoms with Crippen LogP contribution in [0.1, 0.15) is 15.9 Å². The van der Waals surface area contributed by atoms with Crippen LogP contribution in [0.3, 0.4) is 0 Å². The molecule has 0 aromatic heterocycles. The molecule has 0 unspecified atom stereocenters. The predicted molar refractivity (Wildman–Crippen MR) is 128 cm³/mol. The third-order valence-electron chi connectivity index (χ3n) is 4.91. The van der Waals surface area contributed by atoms with E-state index in [1.165, 1.54) is 37.8 Å². The average Bonchev–Trinajstić information content (AvgIpc) is 2.81. The van der Waals surface area contributed by atoms with Gasteiger partial charge in [0.05, 0.1) is 45.4 Å². The smallest absolute Gasteiger partial charge is 0.257 e. The first-order valence-corrected chi connectivity index (χ1v) is 11.8. The van der Waals surface area contributed by atoms with Crippen LogP contribution in [0.5, 0.6) is 17.2 Å². The summed E-state index contributed by atoms with van der Waals surface area (Å²) in [6, 6.07) is 18.9. The number of methoxy groups -OCH3 is 3. The number of carbonyl (C=O) groups is 1. The maximum absolute atomic E-state index is 13.3. The standard InChI is InChI=1S/C24H26N2O6S/c1-30-19-12-8-11-18(13-19)25-24(27)20-14-22(31-2)23(32-3)15-21(20)26(33(4,28)29)16-17-9-6-5-7-10-17/h5-15H,16H2,1-4H3,(H,25,27). The molecule has 0 saturated heterocycles. The van der Waals surface area contributed by atoms with Crippen molar-refractivity contribution in [2.24, 2.45) is 0 Å². The van der Waals surface area contributed by atoms with Gasteiger partial charge in [0.25, 0.3) is 5.91 Å². The number of carbonyl (C=O) groups excluding carboxylic acids is 1. The van der Waals surface area contributed by atoms with Crippen molar-refractivity contribution in [2.75, 3.05) is 37.2 Å². The molecule has 33 heavy (non-hydrogen) atoms. The summed E-state index contributed by atoms with van der Waals surface area (Å²) in [6.07, 6.45) is 1.09. The highest BCUT2D eigenvalue weighted by atomic mass is 32.2. The second kappa shape index (κ2) is 10.3. The molecule has 3 aromatic carbocycles. The van der Waals surface area contributed by atoms with E-state index < -0.39 is 15.9 Å². The molecular weight excluding hydrogens is 444 g/mol. The van der Waals surface area contributed by atoms with Crippen LogP contribution in [0.15, 0.2) is 66.7 Å². The van der Waals surface area contributed by atoms with Gasteiger partial charge < -0.3 is 19.5 Å². The Morgan fingerprint density at radius 3 is 2.15 bits per heavy atom. The van der Waals surface area contributed by atoms with Gasteiger partial charge in [-0.15, -0.1) is 0 Å². The van der Waals surface area contributed by atoms with Crippen LogP contribution in [0.25, 0.3) is 0 Å². The van der Waals surface area contributed by atoms with Gasteiger partial charge >= 0.3 is 0 Å². The molecule has 1 N–H and O–H groups in total. The van der Waals surface area contributed by atoms with Crippen LogP contribution in [0.4, 0.5) is 11.4 Å². The lowest BCUT2D eigenvalue weighted by Gasteiger charge is -2.26. The van der Waals surface area contributed by atoms with Crippen molar-refractivity contribution in [3.63, 3.8) is 0 Å². The van der Waals surface area contributed by atoms with E-state index in [2.05, 4.69) is 5.32 Å². The fourth-order valence-corrected chi connectivity index (χ4v) is 4.18. The number of anilines is 2. The van der Waals surface area contributed by atoms with E-state index in [0.29, 0.717) is 22.9 Å². The van der Waals surface area contributed by atoms with Gasteiger partial charge in [0, 0.05) is 17.8 Å². The van der Waals surface area contributed by atoms with Crippen molar-refractivity contribution < 1.29 is 27.4 Å². The van der Waals surface area contributed by atoms with E-state index in [9.17, 15) is 13.2 Å². The van der Waals surface area contributed by atoms with Crippen LogP contribution in [0, 0.1) is 0 Å². The van der Waals surface area contributed by atoms with Gasteiger partial charge in [0.1, 0.15) is 5.75 Å². The topological polar surface area (TPSA) is 94.2 Å². The van der Waals surface area contributed by atoms with Gasteiger partial charge in [0.15, 0.2) is 11.5 Å². The second-order valence-electron chi connectivity index (χ2n) is 7.17.